The first-order valence-corrected chi connectivity index (χ1v) is 16.8. The third-order valence-corrected chi connectivity index (χ3v) is 13.1. The Morgan fingerprint density at radius 2 is 1.86 bits per heavy atom. The lowest BCUT2D eigenvalue weighted by Crippen LogP contribution is -2.62. The van der Waals surface area contributed by atoms with Gasteiger partial charge in [0.1, 0.15) is 12.7 Å². The van der Waals surface area contributed by atoms with Crippen LogP contribution in [-0.4, -0.2) is 75.9 Å². The molecule has 4 fully saturated rings. The monoisotopic (exact) mass is 604 g/mol. The summed E-state index contributed by atoms with van der Waals surface area (Å²) in [5.74, 6) is -1.59. The van der Waals surface area contributed by atoms with Gasteiger partial charge < -0.3 is 19.7 Å². The normalized spacial score (nSPS) is 46.6. The van der Waals surface area contributed by atoms with E-state index in [-0.39, 0.29) is 53.2 Å². The standard InChI is InChI=1S/C33H47B3O6S/c1-5-17(3)29(39)41-16-31-15-24(42-30(40)18(4)6-2)25(43)13-21(31)19-7-8-26-32(35)12-10-23(37)28(34)20(32)9-11-33(26,36)22(19)14-27(31)38/h6-7,17,20-28,37-38,43H,5,8-16H2,1-4H3/b18-6-/t17?,20?,21?,22?,23-,24-,25+,26?,27+,28+,31+,32+,33+/m0/s1. The van der Waals surface area contributed by atoms with Crippen molar-refractivity contribution in [1.29, 1.82) is 0 Å². The van der Waals surface area contributed by atoms with Gasteiger partial charge in [-0.15, -0.1) is 0 Å². The summed E-state index contributed by atoms with van der Waals surface area (Å²) in [6.45, 7) is 7.34. The fourth-order valence-corrected chi connectivity index (χ4v) is 9.87. The summed E-state index contributed by atoms with van der Waals surface area (Å²) >= 11 is 4.93. The van der Waals surface area contributed by atoms with E-state index in [0.717, 1.165) is 6.42 Å². The molecule has 10 heteroatoms. The Hall–Kier alpha value is -1.12. The molecule has 0 aromatic heterocycles. The lowest BCUT2D eigenvalue weighted by molar-refractivity contribution is -0.177. The zero-order chi connectivity index (χ0) is 31.5. The minimum atomic E-state index is -0.838. The van der Waals surface area contributed by atoms with E-state index in [4.69, 9.17) is 45.6 Å². The summed E-state index contributed by atoms with van der Waals surface area (Å²) in [7, 11) is 21.2. The molecule has 2 N–H and O–H groups in total. The van der Waals surface area contributed by atoms with Crippen molar-refractivity contribution in [3.05, 3.63) is 23.3 Å². The summed E-state index contributed by atoms with van der Waals surface area (Å²) in [6, 6.07) is 0. The Labute approximate surface area is 267 Å². The van der Waals surface area contributed by atoms with Gasteiger partial charge in [-0.2, -0.15) is 12.6 Å². The van der Waals surface area contributed by atoms with Crippen LogP contribution in [0.1, 0.15) is 85.5 Å². The predicted molar refractivity (Wildman–Crippen MR) is 172 cm³/mol. The highest BCUT2D eigenvalue weighted by atomic mass is 32.1. The molecule has 0 amide bonds. The zero-order valence-corrected chi connectivity index (χ0v) is 27.1. The molecule has 4 saturated carbocycles. The van der Waals surface area contributed by atoms with E-state index in [9.17, 15) is 19.8 Å². The van der Waals surface area contributed by atoms with E-state index in [0.29, 0.717) is 56.9 Å². The van der Waals surface area contributed by atoms with Gasteiger partial charge in [-0.05, 0) is 81.9 Å². The van der Waals surface area contributed by atoms with Crippen molar-refractivity contribution in [2.45, 2.75) is 125 Å². The highest BCUT2D eigenvalue weighted by Gasteiger charge is 2.65. The molecule has 6 nitrogen and oxygen atoms in total. The van der Waals surface area contributed by atoms with E-state index in [1.54, 1.807) is 19.9 Å². The van der Waals surface area contributed by atoms with E-state index in [1.165, 1.54) is 5.57 Å². The fraction of sp³-hybridized carbons (Fsp3) is 0.818. The number of esters is 2. The van der Waals surface area contributed by atoms with Gasteiger partial charge in [0.05, 0.1) is 35.6 Å². The average Bonchev–Trinajstić information content (AvgIpc) is 2.98. The van der Waals surface area contributed by atoms with E-state index >= 15 is 0 Å². The SMILES string of the molecule is [B][C@@H]1C2CC[C@@]3([B])C4C[C@@H](O)[C@@]5(COC(=O)C(C)CC)C[C@H](OC(=O)/C(C)=C\C)[C@H](S)CC5C4=CCC3[C@@]2([B])CC[C@@H]1O. The fourth-order valence-electron chi connectivity index (χ4n) is 9.49. The molecule has 0 saturated heterocycles. The van der Waals surface area contributed by atoms with E-state index < -0.39 is 40.3 Å². The van der Waals surface area contributed by atoms with Crippen molar-refractivity contribution in [3.63, 3.8) is 0 Å². The molecule has 5 aliphatic rings. The molecule has 0 spiro atoms. The number of hydrogen-bond donors (Lipinski definition) is 3. The Balaban J connectivity index is 1.50. The van der Waals surface area contributed by atoms with Gasteiger partial charge in [0.15, 0.2) is 0 Å². The Morgan fingerprint density at radius 1 is 1.16 bits per heavy atom. The topological polar surface area (TPSA) is 93.1 Å². The molecule has 0 bridgehead atoms. The van der Waals surface area contributed by atoms with Crippen LogP contribution in [0.3, 0.4) is 0 Å². The second-order valence-corrected chi connectivity index (χ2v) is 15.1. The number of ether oxygens (including phenoxy) is 2. The number of hydrogen-bond acceptors (Lipinski definition) is 7. The van der Waals surface area contributed by atoms with Crippen molar-refractivity contribution < 1.29 is 29.3 Å². The van der Waals surface area contributed by atoms with Crippen LogP contribution in [0.5, 0.6) is 0 Å². The molecule has 13 atom stereocenters. The molecule has 0 aromatic carbocycles. The number of rotatable bonds is 6. The predicted octanol–water partition coefficient (Wildman–Crippen LogP) is 4.65. The Morgan fingerprint density at radius 3 is 2.53 bits per heavy atom. The van der Waals surface area contributed by atoms with Gasteiger partial charge in [0.2, 0.25) is 0 Å². The van der Waals surface area contributed by atoms with Crippen LogP contribution in [0.15, 0.2) is 23.3 Å². The van der Waals surface area contributed by atoms with Gasteiger partial charge >= 0.3 is 11.9 Å². The third kappa shape index (κ3) is 5.41. The summed E-state index contributed by atoms with van der Waals surface area (Å²) < 4.78 is 11.9. The van der Waals surface area contributed by atoms with Crippen molar-refractivity contribution in [2.75, 3.05) is 6.61 Å². The minimum Gasteiger partial charge on any atom is -0.465 e. The van der Waals surface area contributed by atoms with Crippen LogP contribution in [0.2, 0.25) is 16.4 Å². The smallest absolute Gasteiger partial charge is 0.333 e. The molecule has 5 aliphatic carbocycles. The highest BCUT2D eigenvalue weighted by Crippen LogP contribution is 2.74. The molecule has 5 rings (SSSR count). The van der Waals surface area contributed by atoms with Gasteiger partial charge in [-0.3, -0.25) is 4.79 Å². The second kappa shape index (κ2) is 12.2. The summed E-state index contributed by atoms with van der Waals surface area (Å²) in [4.78, 5) is 25.7. The maximum Gasteiger partial charge on any atom is 0.333 e. The largest absolute Gasteiger partial charge is 0.465 e. The lowest BCUT2D eigenvalue weighted by Gasteiger charge is -2.68. The Kier molecular flexibility index (Phi) is 9.47. The molecule has 5 unspecified atom stereocenters. The van der Waals surface area contributed by atoms with Crippen LogP contribution in [0.25, 0.3) is 0 Å². The first-order chi connectivity index (χ1) is 20.2. The number of carbonyl (C=O) groups is 2. The van der Waals surface area contributed by atoms with Crippen molar-refractivity contribution in [2.24, 2.45) is 35.0 Å². The molecule has 0 aliphatic heterocycles. The van der Waals surface area contributed by atoms with Crippen LogP contribution in [0, 0.1) is 35.0 Å². The van der Waals surface area contributed by atoms with Crippen molar-refractivity contribution in [3.8, 4) is 0 Å². The molecule has 0 heterocycles. The van der Waals surface area contributed by atoms with Gasteiger partial charge in [-0.1, -0.05) is 61.5 Å². The van der Waals surface area contributed by atoms with Gasteiger partial charge in [0, 0.05) is 22.3 Å². The number of aliphatic hydroxyl groups is 2. The molecular formula is C33H47B3O6S. The number of thiol groups is 1. The summed E-state index contributed by atoms with van der Waals surface area (Å²) in [6.07, 6.45) is 7.42. The highest BCUT2D eigenvalue weighted by molar-refractivity contribution is 7.81. The third-order valence-electron chi connectivity index (χ3n) is 12.5. The van der Waals surface area contributed by atoms with Crippen LogP contribution < -0.4 is 0 Å². The van der Waals surface area contributed by atoms with E-state index in [1.807, 2.05) is 13.8 Å². The lowest BCUT2D eigenvalue weighted by atomic mass is 9.29. The number of carbonyl (C=O) groups excluding carboxylic acids is 2. The zero-order valence-electron chi connectivity index (χ0n) is 26.2. The molecule has 0 aromatic rings. The second-order valence-electron chi connectivity index (χ2n) is 14.5. The van der Waals surface area contributed by atoms with Crippen LogP contribution >= 0.6 is 12.6 Å². The van der Waals surface area contributed by atoms with Crippen molar-refractivity contribution in [1.82, 2.24) is 0 Å². The quantitative estimate of drug-likeness (QED) is 0.135. The molecule has 43 heavy (non-hydrogen) atoms. The molecule has 230 valence electrons. The van der Waals surface area contributed by atoms with Crippen molar-refractivity contribution >= 4 is 48.1 Å². The first kappa shape index (κ1) is 33.3. The maximum absolute atomic E-state index is 12.9. The average molecular weight is 604 g/mol. The summed E-state index contributed by atoms with van der Waals surface area (Å²) in [5.41, 5.74) is 0.869. The minimum absolute atomic E-state index is 0.00646. The number of allylic oxidation sites excluding steroid dienone is 3. The van der Waals surface area contributed by atoms with Crippen LogP contribution in [0.4, 0.5) is 0 Å². The number of fused-ring (bicyclic) bond motifs is 7. The van der Waals surface area contributed by atoms with Gasteiger partial charge in [0.25, 0.3) is 0 Å². The number of aliphatic hydroxyl groups excluding tert-OH is 2. The van der Waals surface area contributed by atoms with Crippen LogP contribution in [-0.2, 0) is 19.1 Å². The van der Waals surface area contributed by atoms with Gasteiger partial charge in [-0.25, -0.2) is 4.79 Å². The van der Waals surface area contributed by atoms with E-state index in [2.05, 4.69) is 6.08 Å². The maximum atomic E-state index is 12.9. The first-order valence-electron chi connectivity index (χ1n) is 16.3. The molecule has 6 radical (unpaired) electrons. The Bertz CT molecular complexity index is 1160. The molecular weight excluding hydrogens is 557 g/mol. The summed E-state index contributed by atoms with van der Waals surface area (Å²) in [5, 5.41) is 21.2.